The second-order valence-electron chi connectivity index (χ2n) is 5.17. The largest absolute Gasteiger partial charge is 0.329 e. The molecule has 2 N–H and O–H groups in total. The Hall–Kier alpha value is -1.00. The van der Waals surface area contributed by atoms with Gasteiger partial charge in [-0.25, -0.2) is 9.97 Å². The molecule has 1 fully saturated rings. The van der Waals surface area contributed by atoms with Crippen molar-refractivity contribution in [2.24, 2.45) is 5.73 Å². The Morgan fingerprint density at radius 3 is 2.44 bits per heavy atom. The lowest BCUT2D eigenvalue weighted by Crippen LogP contribution is -2.54. The molecule has 0 unspecified atom stereocenters. The second kappa shape index (κ2) is 6.25. The number of hydrogen-bond acceptors (Lipinski definition) is 4. The van der Waals surface area contributed by atoms with E-state index >= 15 is 0 Å². The van der Waals surface area contributed by atoms with Crippen LogP contribution < -0.4 is 5.73 Å². The van der Waals surface area contributed by atoms with Crippen molar-refractivity contribution in [2.75, 3.05) is 13.1 Å². The summed E-state index contributed by atoms with van der Waals surface area (Å²) in [6.07, 6.45) is 9.99. The number of rotatable bonds is 5. The molecular formula is C14H24N4. The summed E-state index contributed by atoms with van der Waals surface area (Å²) in [6, 6.07) is 1.86. The first-order valence-electron chi connectivity index (χ1n) is 7.02. The quantitative estimate of drug-likeness (QED) is 0.865. The average Bonchev–Trinajstić information content (AvgIpc) is 2.46. The summed E-state index contributed by atoms with van der Waals surface area (Å²) in [5, 5.41) is 0. The van der Waals surface area contributed by atoms with Crippen molar-refractivity contribution in [3.63, 3.8) is 0 Å². The van der Waals surface area contributed by atoms with Gasteiger partial charge in [0.15, 0.2) is 0 Å². The lowest BCUT2D eigenvalue weighted by Gasteiger charge is -2.45. The Morgan fingerprint density at radius 2 is 1.89 bits per heavy atom. The van der Waals surface area contributed by atoms with Gasteiger partial charge in [0.1, 0.15) is 5.82 Å². The van der Waals surface area contributed by atoms with Crippen LogP contribution in [0.2, 0.25) is 0 Å². The van der Waals surface area contributed by atoms with Crippen LogP contribution in [0.3, 0.4) is 0 Å². The predicted molar refractivity (Wildman–Crippen MR) is 73.0 cm³/mol. The molecule has 0 spiro atoms. The standard InChI is InChI=1S/C14H24N4/c1-2-18(11-13-16-9-6-10-17-13)14(12-15)7-4-3-5-8-14/h6,9-10H,2-5,7-8,11-12,15H2,1H3. The van der Waals surface area contributed by atoms with Crippen molar-refractivity contribution in [2.45, 2.75) is 51.1 Å². The highest BCUT2D eigenvalue weighted by Crippen LogP contribution is 2.33. The van der Waals surface area contributed by atoms with Crippen molar-refractivity contribution < 1.29 is 0 Å². The van der Waals surface area contributed by atoms with Gasteiger partial charge >= 0.3 is 0 Å². The predicted octanol–water partition coefficient (Wildman–Crippen LogP) is 1.96. The molecule has 1 heterocycles. The highest BCUT2D eigenvalue weighted by Gasteiger charge is 2.36. The van der Waals surface area contributed by atoms with Crippen molar-refractivity contribution in [1.82, 2.24) is 14.9 Å². The highest BCUT2D eigenvalue weighted by molar-refractivity contribution is 4.97. The van der Waals surface area contributed by atoms with Crippen LogP contribution in [-0.4, -0.2) is 33.5 Å². The first-order chi connectivity index (χ1) is 8.80. The normalized spacial score (nSPS) is 19.1. The summed E-state index contributed by atoms with van der Waals surface area (Å²) in [5.74, 6) is 0.901. The van der Waals surface area contributed by atoms with E-state index in [1.165, 1.54) is 32.1 Å². The lowest BCUT2D eigenvalue weighted by atomic mass is 9.80. The van der Waals surface area contributed by atoms with Crippen LogP contribution in [0.4, 0.5) is 0 Å². The van der Waals surface area contributed by atoms with E-state index in [1.54, 1.807) is 0 Å². The zero-order valence-corrected chi connectivity index (χ0v) is 11.3. The monoisotopic (exact) mass is 248 g/mol. The third kappa shape index (κ3) is 2.87. The van der Waals surface area contributed by atoms with E-state index < -0.39 is 0 Å². The minimum Gasteiger partial charge on any atom is -0.329 e. The fraction of sp³-hybridized carbons (Fsp3) is 0.714. The number of nitrogens with zero attached hydrogens (tertiary/aromatic N) is 3. The van der Waals surface area contributed by atoms with Gasteiger partial charge in [0.05, 0.1) is 6.54 Å². The molecule has 0 aromatic carbocycles. The zero-order chi connectivity index (χ0) is 12.8. The molecule has 0 aliphatic heterocycles. The molecule has 1 aliphatic rings. The summed E-state index contributed by atoms with van der Waals surface area (Å²) in [4.78, 5) is 11.1. The van der Waals surface area contributed by atoms with Crippen LogP contribution in [0.25, 0.3) is 0 Å². The molecule has 1 saturated carbocycles. The van der Waals surface area contributed by atoms with Gasteiger partial charge < -0.3 is 5.73 Å². The van der Waals surface area contributed by atoms with Gasteiger partial charge in [0, 0.05) is 24.5 Å². The fourth-order valence-corrected chi connectivity index (χ4v) is 3.06. The van der Waals surface area contributed by atoms with Gasteiger partial charge in [-0.2, -0.15) is 0 Å². The third-order valence-corrected chi connectivity index (χ3v) is 4.17. The SMILES string of the molecule is CCN(Cc1ncccn1)C1(CN)CCCCC1. The molecule has 18 heavy (non-hydrogen) atoms. The Morgan fingerprint density at radius 1 is 1.22 bits per heavy atom. The smallest absolute Gasteiger partial charge is 0.142 e. The van der Waals surface area contributed by atoms with Crippen LogP contribution in [0.5, 0.6) is 0 Å². The summed E-state index contributed by atoms with van der Waals surface area (Å²) >= 11 is 0. The zero-order valence-electron chi connectivity index (χ0n) is 11.3. The number of nitrogens with two attached hydrogens (primary N) is 1. The van der Waals surface area contributed by atoms with Gasteiger partial charge in [0.2, 0.25) is 0 Å². The van der Waals surface area contributed by atoms with Crippen LogP contribution in [-0.2, 0) is 6.54 Å². The van der Waals surface area contributed by atoms with Gasteiger partial charge in [-0.1, -0.05) is 26.2 Å². The Balaban J connectivity index is 2.11. The second-order valence-corrected chi connectivity index (χ2v) is 5.17. The molecule has 0 atom stereocenters. The maximum atomic E-state index is 6.09. The fourth-order valence-electron chi connectivity index (χ4n) is 3.06. The molecule has 100 valence electrons. The molecule has 4 nitrogen and oxygen atoms in total. The Bertz CT molecular complexity index is 346. The van der Waals surface area contributed by atoms with E-state index in [0.29, 0.717) is 0 Å². The van der Waals surface area contributed by atoms with Crippen molar-refractivity contribution >= 4 is 0 Å². The first kappa shape index (κ1) is 13.4. The summed E-state index contributed by atoms with van der Waals surface area (Å²) in [7, 11) is 0. The van der Waals surface area contributed by atoms with Gasteiger partial charge in [-0.15, -0.1) is 0 Å². The molecule has 0 amide bonds. The number of likely N-dealkylation sites (N-methyl/N-ethyl adjacent to an activating group) is 1. The van der Waals surface area contributed by atoms with E-state index in [4.69, 9.17) is 5.73 Å². The van der Waals surface area contributed by atoms with Crippen molar-refractivity contribution in [3.8, 4) is 0 Å². The van der Waals surface area contributed by atoms with E-state index in [-0.39, 0.29) is 5.54 Å². The Labute approximate surface area is 110 Å². The first-order valence-corrected chi connectivity index (χ1v) is 7.02. The molecule has 0 saturated heterocycles. The van der Waals surface area contributed by atoms with Gasteiger partial charge in [0.25, 0.3) is 0 Å². The maximum absolute atomic E-state index is 6.09. The van der Waals surface area contributed by atoms with E-state index in [9.17, 15) is 0 Å². The van der Waals surface area contributed by atoms with Gasteiger partial charge in [-0.3, -0.25) is 4.90 Å². The topological polar surface area (TPSA) is 55.0 Å². The molecule has 0 radical (unpaired) electrons. The van der Waals surface area contributed by atoms with Crippen molar-refractivity contribution in [3.05, 3.63) is 24.3 Å². The number of hydrogen-bond donors (Lipinski definition) is 1. The maximum Gasteiger partial charge on any atom is 0.142 e. The number of aromatic nitrogens is 2. The van der Waals surface area contributed by atoms with Crippen LogP contribution in [0.15, 0.2) is 18.5 Å². The molecule has 1 aromatic rings. The third-order valence-electron chi connectivity index (χ3n) is 4.17. The van der Waals surface area contributed by atoms with E-state index in [0.717, 1.165) is 25.5 Å². The minimum absolute atomic E-state index is 0.173. The molecule has 1 aliphatic carbocycles. The summed E-state index contributed by atoms with van der Waals surface area (Å²) in [6.45, 7) is 4.77. The van der Waals surface area contributed by atoms with Crippen molar-refractivity contribution in [1.29, 1.82) is 0 Å². The molecule has 4 heteroatoms. The summed E-state index contributed by atoms with van der Waals surface area (Å²) < 4.78 is 0. The van der Waals surface area contributed by atoms with E-state index in [2.05, 4.69) is 21.8 Å². The average molecular weight is 248 g/mol. The lowest BCUT2D eigenvalue weighted by molar-refractivity contribution is 0.0523. The summed E-state index contributed by atoms with van der Waals surface area (Å²) in [5.41, 5.74) is 6.26. The molecular weight excluding hydrogens is 224 g/mol. The minimum atomic E-state index is 0.173. The molecule has 2 rings (SSSR count). The van der Waals surface area contributed by atoms with Crippen LogP contribution in [0.1, 0.15) is 44.9 Å². The van der Waals surface area contributed by atoms with Gasteiger partial charge in [-0.05, 0) is 25.5 Å². The van der Waals surface area contributed by atoms with Crippen LogP contribution in [0, 0.1) is 0 Å². The van der Waals surface area contributed by atoms with Crippen LogP contribution >= 0.6 is 0 Å². The Kier molecular flexibility index (Phi) is 4.66. The highest BCUT2D eigenvalue weighted by atomic mass is 15.2. The van der Waals surface area contributed by atoms with E-state index in [1.807, 2.05) is 18.5 Å². The molecule has 0 bridgehead atoms. The molecule has 1 aromatic heterocycles.